The van der Waals surface area contributed by atoms with Crippen LogP contribution in [0.15, 0.2) is 72.8 Å². The van der Waals surface area contributed by atoms with E-state index in [1.54, 1.807) is 30.3 Å². The lowest BCUT2D eigenvalue weighted by Crippen LogP contribution is -2.28. The molecule has 0 amide bonds. The van der Waals surface area contributed by atoms with Gasteiger partial charge in [-0.1, -0.05) is 60.7 Å². The van der Waals surface area contributed by atoms with Gasteiger partial charge in [-0.25, -0.2) is 0 Å². The van der Waals surface area contributed by atoms with E-state index in [1.165, 1.54) is 19.2 Å². The van der Waals surface area contributed by atoms with Crippen LogP contribution in [0.2, 0.25) is 0 Å². The highest BCUT2D eigenvalue weighted by atomic mass is 32.2. The Morgan fingerprint density at radius 1 is 0.742 bits per heavy atom. The van der Waals surface area contributed by atoms with Gasteiger partial charge < -0.3 is 8.92 Å². The number of hydrogen-bond acceptors (Lipinski definition) is 4. The van der Waals surface area contributed by atoms with E-state index in [4.69, 9.17) is 4.74 Å². The van der Waals surface area contributed by atoms with Crippen molar-refractivity contribution >= 4 is 31.7 Å². The zero-order valence-corrected chi connectivity index (χ0v) is 17.1. The van der Waals surface area contributed by atoms with Gasteiger partial charge in [0.15, 0.2) is 0 Å². The predicted molar refractivity (Wildman–Crippen MR) is 113 cm³/mol. The number of hydrogen-bond donors (Lipinski definition) is 0. The summed E-state index contributed by atoms with van der Waals surface area (Å²) in [5, 5.41) is 3.10. The molecule has 0 saturated carbocycles. The summed E-state index contributed by atoms with van der Waals surface area (Å²) in [6.07, 6.45) is 0.106. The van der Waals surface area contributed by atoms with Gasteiger partial charge in [-0.15, -0.1) is 0 Å². The van der Waals surface area contributed by atoms with Gasteiger partial charge in [0.2, 0.25) is 0 Å². The number of methoxy groups -OCH3 is 1. The Bertz CT molecular complexity index is 1380. The largest absolute Gasteiger partial charge is 0.534 e. The molecule has 0 saturated heterocycles. The summed E-state index contributed by atoms with van der Waals surface area (Å²) in [7, 11) is -4.32. The molecule has 0 unspecified atom stereocenters. The van der Waals surface area contributed by atoms with Crippen molar-refractivity contribution in [3.63, 3.8) is 0 Å². The number of benzene rings is 4. The molecule has 0 spiro atoms. The van der Waals surface area contributed by atoms with Crippen LogP contribution in [0, 0.1) is 0 Å². The van der Waals surface area contributed by atoms with Gasteiger partial charge in [0, 0.05) is 17.5 Å². The molecule has 0 aliphatic rings. The highest BCUT2D eigenvalue weighted by Crippen LogP contribution is 2.37. The topological polar surface area (TPSA) is 52.6 Å². The van der Waals surface area contributed by atoms with Crippen molar-refractivity contribution in [2.24, 2.45) is 0 Å². The first-order valence-corrected chi connectivity index (χ1v) is 10.7. The molecule has 0 aromatic heterocycles. The molecule has 0 aliphatic carbocycles. The average Bonchev–Trinajstić information content (AvgIpc) is 2.74. The van der Waals surface area contributed by atoms with Gasteiger partial charge in [-0.2, -0.15) is 21.6 Å². The molecule has 160 valence electrons. The molecular formula is C23H17F3O4S. The molecule has 4 nitrogen and oxygen atoms in total. The van der Waals surface area contributed by atoms with Crippen LogP contribution in [0.1, 0.15) is 11.1 Å². The van der Waals surface area contributed by atoms with E-state index < -0.39 is 15.6 Å². The lowest BCUT2D eigenvalue weighted by Gasteiger charge is -2.17. The number of alkyl halides is 3. The predicted octanol–water partition coefficient (Wildman–Crippen LogP) is 5.82. The van der Waals surface area contributed by atoms with E-state index in [0.717, 1.165) is 16.2 Å². The third kappa shape index (κ3) is 3.90. The van der Waals surface area contributed by atoms with E-state index in [9.17, 15) is 21.6 Å². The zero-order chi connectivity index (χ0) is 22.2. The highest BCUT2D eigenvalue weighted by molar-refractivity contribution is 7.88. The average molecular weight is 446 g/mol. The molecule has 0 heterocycles. The summed E-state index contributed by atoms with van der Waals surface area (Å²) in [5.41, 5.74) is -4.50. The molecule has 4 aromatic rings. The second-order valence-corrected chi connectivity index (χ2v) is 8.43. The Morgan fingerprint density at radius 3 is 1.74 bits per heavy atom. The van der Waals surface area contributed by atoms with Crippen LogP contribution in [0.3, 0.4) is 0 Å². The summed E-state index contributed by atoms with van der Waals surface area (Å²) < 4.78 is 72.5. The molecule has 0 N–H and O–H groups in total. The summed E-state index contributed by atoms with van der Waals surface area (Å²) in [5.74, 6) is 0.169. The number of rotatable bonds is 5. The van der Waals surface area contributed by atoms with Gasteiger partial charge in [-0.3, -0.25) is 0 Å². The van der Waals surface area contributed by atoms with E-state index in [2.05, 4.69) is 4.18 Å². The first-order chi connectivity index (χ1) is 14.7. The zero-order valence-electron chi connectivity index (χ0n) is 16.3. The fourth-order valence-electron chi connectivity index (χ4n) is 3.61. The first kappa shape index (κ1) is 21.0. The van der Waals surface area contributed by atoms with Crippen molar-refractivity contribution in [2.45, 2.75) is 11.9 Å². The summed E-state index contributed by atoms with van der Waals surface area (Å²) in [6, 6.07) is 21.0. The molecule has 0 fully saturated rings. The van der Waals surface area contributed by atoms with Crippen molar-refractivity contribution in [3.8, 4) is 11.5 Å². The fourth-order valence-corrected chi connectivity index (χ4v) is 4.10. The van der Waals surface area contributed by atoms with Crippen LogP contribution < -0.4 is 8.92 Å². The minimum atomic E-state index is -5.82. The second kappa shape index (κ2) is 7.77. The normalized spacial score (nSPS) is 12.3. The van der Waals surface area contributed by atoms with Crippen molar-refractivity contribution in [1.29, 1.82) is 0 Å². The SMILES string of the molecule is COc1ccc2ccccc2c1Cc1c(OS(=O)(=O)C(F)(F)F)ccc2ccccc12. The van der Waals surface area contributed by atoms with Crippen LogP contribution in [-0.4, -0.2) is 21.0 Å². The van der Waals surface area contributed by atoms with Gasteiger partial charge in [0.1, 0.15) is 11.5 Å². The van der Waals surface area contributed by atoms with E-state index in [0.29, 0.717) is 22.3 Å². The van der Waals surface area contributed by atoms with Crippen LogP contribution in [0.4, 0.5) is 13.2 Å². The van der Waals surface area contributed by atoms with E-state index >= 15 is 0 Å². The van der Waals surface area contributed by atoms with Gasteiger partial charge >= 0.3 is 15.6 Å². The molecule has 31 heavy (non-hydrogen) atoms. The molecule has 0 bridgehead atoms. The quantitative estimate of drug-likeness (QED) is 0.286. The van der Waals surface area contributed by atoms with Crippen molar-refractivity contribution < 1.29 is 30.5 Å². The maximum Gasteiger partial charge on any atom is 0.534 e. The number of ether oxygens (including phenoxy) is 1. The Morgan fingerprint density at radius 2 is 1.23 bits per heavy atom. The Balaban J connectivity index is 1.95. The molecule has 0 atom stereocenters. The molecule has 0 aliphatic heterocycles. The summed E-state index contributed by atoms with van der Waals surface area (Å²) in [6.45, 7) is 0. The number of halogens is 3. The smallest absolute Gasteiger partial charge is 0.496 e. The van der Waals surface area contributed by atoms with Crippen LogP contribution in [0.25, 0.3) is 21.5 Å². The molecule has 4 rings (SSSR count). The van der Waals surface area contributed by atoms with Crippen LogP contribution >= 0.6 is 0 Å². The Hall–Kier alpha value is -3.26. The molecular weight excluding hydrogens is 429 g/mol. The minimum Gasteiger partial charge on any atom is -0.496 e. The fraction of sp³-hybridized carbons (Fsp3) is 0.130. The second-order valence-electron chi connectivity index (χ2n) is 6.89. The van der Waals surface area contributed by atoms with Gasteiger partial charge in [0.05, 0.1) is 7.11 Å². The van der Waals surface area contributed by atoms with Crippen molar-refractivity contribution in [2.75, 3.05) is 7.11 Å². The summed E-state index contributed by atoms with van der Waals surface area (Å²) >= 11 is 0. The lowest BCUT2D eigenvalue weighted by atomic mass is 9.93. The minimum absolute atomic E-state index is 0.106. The van der Waals surface area contributed by atoms with Crippen LogP contribution in [-0.2, 0) is 16.5 Å². The van der Waals surface area contributed by atoms with Crippen molar-refractivity contribution in [1.82, 2.24) is 0 Å². The summed E-state index contributed by atoms with van der Waals surface area (Å²) in [4.78, 5) is 0. The Kier molecular flexibility index (Phi) is 5.26. The number of fused-ring (bicyclic) bond motifs is 2. The third-order valence-corrected chi connectivity index (χ3v) is 6.02. The molecule has 4 aromatic carbocycles. The highest BCUT2D eigenvalue weighted by Gasteiger charge is 2.48. The van der Waals surface area contributed by atoms with Gasteiger partial charge in [0.25, 0.3) is 0 Å². The van der Waals surface area contributed by atoms with E-state index in [-0.39, 0.29) is 12.2 Å². The third-order valence-electron chi connectivity index (χ3n) is 5.05. The Labute approximate surface area is 177 Å². The lowest BCUT2D eigenvalue weighted by molar-refractivity contribution is -0.0500. The maximum atomic E-state index is 13.0. The monoisotopic (exact) mass is 446 g/mol. The molecule has 8 heteroatoms. The standard InChI is InChI=1S/C23H17F3O4S/c1-29-21-12-10-15-6-2-4-8-17(15)19(21)14-20-18-9-5-3-7-16(18)11-13-22(20)30-31(27,28)23(24,25)26/h2-13H,14H2,1H3. The first-order valence-electron chi connectivity index (χ1n) is 9.27. The van der Waals surface area contributed by atoms with Crippen molar-refractivity contribution in [3.05, 3.63) is 83.9 Å². The van der Waals surface area contributed by atoms with Gasteiger partial charge in [-0.05, 0) is 33.7 Å². The molecule has 0 radical (unpaired) electrons. The van der Waals surface area contributed by atoms with E-state index in [1.807, 2.05) is 30.3 Å². The maximum absolute atomic E-state index is 13.0. The van der Waals surface area contributed by atoms with Crippen LogP contribution in [0.5, 0.6) is 11.5 Å².